The molecule has 1 aromatic carbocycles. The summed E-state index contributed by atoms with van der Waals surface area (Å²) in [6, 6.07) is 8.87. The van der Waals surface area contributed by atoms with Crippen molar-refractivity contribution in [3.8, 4) is 0 Å². The molecule has 0 aromatic heterocycles. The summed E-state index contributed by atoms with van der Waals surface area (Å²) < 4.78 is 25.0. The maximum atomic E-state index is 12.5. The van der Waals surface area contributed by atoms with E-state index >= 15 is 0 Å². The van der Waals surface area contributed by atoms with E-state index in [-0.39, 0.29) is 5.25 Å². The van der Waals surface area contributed by atoms with Crippen LogP contribution in [-0.2, 0) is 9.84 Å². The van der Waals surface area contributed by atoms with Gasteiger partial charge in [0.05, 0.1) is 10.1 Å². The van der Waals surface area contributed by atoms with Crippen molar-refractivity contribution < 1.29 is 8.42 Å². The van der Waals surface area contributed by atoms with Gasteiger partial charge in [0.1, 0.15) is 0 Å². The van der Waals surface area contributed by atoms with Crippen molar-refractivity contribution in [2.24, 2.45) is 11.8 Å². The zero-order valence-corrected chi connectivity index (χ0v) is 14.1. The first-order chi connectivity index (χ1) is 9.91. The molecule has 0 radical (unpaired) electrons. The van der Waals surface area contributed by atoms with E-state index in [1.807, 2.05) is 6.07 Å². The minimum atomic E-state index is -3.11. The van der Waals surface area contributed by atoms with Gasteiger partial charge >= 0.3 is 0 Å². The van der Waals surface area contributed by atoms with Gasteiger partial charge in [0.2, 0.25) is 0 Å². The number of allylic oxidation sites excluding steroid dienone is 2. The first-order valence-corrected chi connectivity index (χ1v) is 9.38. The Morgan fingerprint density at radius 1 is 1.29 bits per heavy atom. The lowest BCUT2D eigenvalue weighted by atomic mass is 9.98. The van der Waals surface area contributed by atoms with Crippen molar-refractivity contribution in [1.29, 1.82) is 0 Å². The third-order valence-electron chi connectivity index (χ3n) is 4.25. The Balaban J connectivity index is 1.86. The van der Waals surface area contributed by atoms with Crippen molar-refractivity contribution in [3.63, 3.8) is 0 Å². The monoisotopic (exact) mass is 306 g/mol. The average Bonchev–Trinajstić information content (AvgIpc) is 3.19. The molecule has 1 aliphatic carbocycles. The standard InChI is InChI=1S/C18H26O2S/c1-14(2)8-7-9-15(3)12-16-13-18(16)21(19,20)17-10-5-4-6-11-17/h4-6,8,10-11,15-16,18H,7,9,12-13H2,1-3H3/t15-,16?,18+/m0/s1. The Morgan fingerprint density at radius 3 is 2.57 bits per heavy atom. The third-order valence-corrected chi connectivity index (χ3v) is 6.55. The van der Waals surface area contributed by atoms with E-state index in [2.05, 4.69) is 26.8 Å². The van der Waals surface area contributed by atoms with E-state index in [0.717, 1.165) is 25.7 Å². The number of hydrogen-bond acceptors (Lipinski definition) is 2. The molecule has 0 amide bonds. The van der Waals surface area contributed by atoms with Crippen molar-refractivity contribution in [2.45, 2.75) is 56.6 Å². The van der Waals surface area contributed by atoms with Gasteiger partial charge in [-0.25, -0.2) is 8.42 Å². The summed E-state index contributed by atoms with van der Waals surface area (Å²) in [7, 11) is -3.11. The molecule has 1 fully saturated rings. The first kappa shape index (κ1) is 16.3. The SMILES string of the molecule is CC(C)=CCC[C@H](C)CC1C[C@H]1S(=O)(=O)c1ccccc1. The van der Waals surface area contributed by atoms with Gasteiger partial charge in [0.15, 0.2) is 9.84 Å². The zero-order valence-electron chi connectivity index (χ0n) is 13.2. The summed E-state index contributed by atoms with van der Waals surface area (Å²) >= 11 is 0. The van der Waals surface area contributed by atoms with Crippen LogP contribution in [0.4, 0.5) is 0 Å². The van der Waals surface area contributed by atoms with Crippen LogP contribution in [0.2, 0.25) is 0 Å². The summed E-state index contributed by atoms with van der Waals surface area (Å²) in [6.45, 7) is 6.48. The highest BCUT2D eigenvalue weighted by atomic mass is 32.2. The van der Waals surface area contributed by atoms with Crippen LogP contribution in [0.5, 0.6) is 0 Å². The summed E-state index contributed by atoms with van der Waals surface area (Å²) in [6.07, 6.45) is 6.39. The summed E-state index contributed by atoms with van der Waals surface area (Å²) in [5.41, 5.74) is 1.36. The molecule has 0 aliphatic heterocycles. The van der Waals surface area contributed by atoms with Gasteiger partial charge < -0.3 is 0 Å². The molecule has 0 spiro atoms. The third kappa shape index (κ3) is 4.44. The molecular formula is C18H26O2S. The van der Waals surface area contributed by atoms with E-state index in [9.17, 15) is 8.42 Å². The van der Waals surface area contributed by atoms with Crippen molar-refractivity contribution in [2.75, 3.05) is 0 Å². The Morgan fingerprint density at radius 2 is 1.95 bits per heavy atom. The second-order valence-corrected chi connectivity index (χ2v) is 8.76. The predicted molar refractivity (Wildman–Crippen MR) is 88.0 cm³/mol. The Hall–Kier alpha value is -1.09. The topological polar surface area (TPSA) is 34.1 Å². The number of rotatable bonds is 7. The van der Waals surface area contributed by atoms with Gasteiger partial charge in [-0.05, 0) is 63.5 Å². The molecule has 2 nitrogen and oxygen atoms in total. The van der Waals surface area contributed by atoms with Gasteiger partial charge in [0.25, 0.3) is 0 Å². The van der Waals surface area contributed by atoms with Gasteiger partial charge in [-0.1, -0.05) is 36.8 Å². The highest BCUT2D eigenvalue weighted by molar-refractivity contribution is 7.92. The lowest BCUT2D eigenvalue weighted by Crippen LogP contribution is -2.10. The quantitative estimate of drug-likeness (QED) is 0.689. The summed E-state index contributed by atoms with van der Waals surface area (Å²) in [5, 5.41) is -0.147. The van der Waals surface area contributed by atoms with E-state index < -0.39 is 9.84 Å². The second kappa shape index (κ2) is 6.78. The molecule has 3 heteroatoms. The van der Waals surface area contributed by atoms with Crippen molar-refractivity contribution >= 4 is 9.84 Å². The fourth-order valence-corrected chi connectivity index (χ4v) is 4.93. The first-order valence-electron chi connectivity index (χ1n) is 7.83. The van der Waals surface area contributed by atoms with Crippen LogP contribution >= 0.6 is 0 Å². The smallest absolute Gasteiger partial charge is 0.181 e. The predicted octanol–water partition coefficient (Wildman–Crippen LogP) is 4.62. The molecular weight excluding hydrogens is 280 g/mol. The van der Waals surface area contributed by atoms with E-state index in [1.165, 1.54) is 5.57 Å². The minimum Gasteiger partial charge on any atom is -0.223 e. The van der Waals surface area contributed by atoms with Crippen LogP contribution in [-0.4, -0.2) is 13.7 Å². The highest BCUT2D eigenvalue weighted by Gasteiger charge is 2.47. The van der Waals surface area contributed by atoms with E-state index in [1.54, 1.807) is 24.3 Å². The van der Waals surface area contributed by atoms with Crippen molar-refractivity contribution in [3.05, 3.63) is 42.0 Å². The van der Waals surface area contributed by atoms with Crippen LogP contribution in [0.15, 0.2) is 46.9 Å². The van der Waals surface area contributed by atoms with Gasteiger partial charge in [0, 0.05) is 0 Å². The molecule has 1 saturated carbocycles. The van der Waals surface area contributed by atoms with Crippen LogP contribution in [0, 0.1) is 11.8 Å². The van der Waals surface area contributed by atoms with E-state index in [0.29, 0.717) is 16.7 Å². The van der Waals surface area contributed by atoms with Crippen LogP contribution < -0.4 is 0 Å². The maximum Gasteiger partial charge on any atom is 0.181 e. The summed E-state index contributed by atoms with van der Waals surface area (Å²) in [5.74, 6) is 0.957. The zero-order chi connectivity index (χ0) is 15.5. The average molecular weight is 306 g/mol. The molecule has 0 saturated heterocycles. The largest absolute Gasteiger partial charge is 0.223 e. The van der Waals surface area contributed by atoms with E-state index in [4.69, 9.17) is 0 Å². The van der Waals surface area contributed by atoms with Gasteiger partial charge in [-0.3, -0.25) is 0 Å². The summed E-state index contributed by atoms with van der Waals surface area (Å²) in [4.78, 5) is 0.481. The molecule has 0 heterocycles. The van der Waals surface area contributed by atoms with Crippen molar-refractivity contribution in [1.82, 2.24) is 0 Å². The number of benzene rings is 1. The van der Waals surface area contributed by atoms with Crippen LogP contribution in [0.25, 0.3) is 0 Å². The number of sulfone groups is 1. The lowest BCUT2D eigenvalue weighted by molar-refractivity contribution is 0.465. The second-order valence-electron chi connectivity index (χ2n) is 6.59. The molecule has 1 unspecified atom stereocenters. The van der Waals surface area contributed by atoms with Crippen LogP contribution in [0.3, 0.4) is 0 Å². The normalized spacial score (nSPS) is 22.6. The highest BCUT2D eigenvalue weighted by Crippen LogP contribution is 2.44. The molecule has 116 valence electrons. The number of hydrogen-bond donors (Lipinski definition) is 0. The fourth-order valence-electron chi connectivity index (χ4n) is 2.92. The molecule has 1 aromatic rings. The van der Waals surface area contributed by atoms with Gasteiger partial charge in [-0.15, -0.1) is 0 Å². The Labute approximate surface area is 129 Å². The molecule has 3 atom stereocenters. The molecule has 0 N–H and O–H groups in total. The van der Waals surface area contributed by atoms with Gasteiger partial charge in [-0.2, -0.15) is 0 Å². The lowest BCUT2D eigenvalue weighted by Gasteiger charge is -2.10. The van der Waals surface area contributed by atoms with Crippen LogP contribution in [0.1, 0.15) is 46.5 Å². The molecule has 2 rings (SSSR count). The maximum absolute atomic E-state index is 12.5. The fraction of sp³-hybridized carbons (Fsp3) is 0.556. The Bertz CT molecular complexity index is 583. The Kier molecular flexibility index (Phi) is 5.26. The molecule has 21 heavy (non-hydrogen) atoms. The minimum absolute atomic E-state index is 0.147. The molecule has 1 aliphatic rings. The molecule has 0 bridgehead atoms.